The molecule has 174 valence electrons. The number of halogens is 1. The molecule has 0 aromatic carbocycles. The van der Waals surface area contributed by atoms with Crippen LogP contribution in [-0.4, -0.2) is 47.3 Å². The third-order valence-electron chi connectivity index (χ3n) is 6.35. The fourth-order valence-electron chi connectivity index (χ4n) is 4.30. The van der Waals surface area contributed by atoms with Crippen molar-refractivity contribution in [1.29, 1.82) is 5.26 Å². The van der Waals surface area contributed by atoms with Crippen LogP contribution in [0.25, 0.3) is 10.9 Å². The summed E-state index contributed by atoms with van der Waals surface area (Å²) in [4.78, 5) is 45.1. The Morgan fingerprint density at radius 3 is 2.79 bits per heavy atom. The number of hydrogen-bond donors (Lipinski definition) is 3. The number of rotatable bonds is 10. The summed E-state index contributed by atoms with van der Waals surface area (Å²) in [6.07, 6.45) is 5.15. The van der Waals surface area contributed by atoms with Crippen LogP contribution in [0.1, 0.15) is 49.0 Å². The molecule has 0 bridgehead atoms. The highest BCUT2D eigenvalue weighted by atomic mass is 35.5. The molecular formula is C23H26ClN5O4. The van der Waals surface area contributed by atoms with Crippen LogP contribution in [0.5, 0.6) is 5.88 Å². The van der Waals surface area contributed by atoms with Gasteiger partial charge in [0.25, 0.3) is 0 Å². The lowest BCUT2D eigenvalue weighted by Gasteiger charge is -2.19. The monoisotopic (exact) mass is 471 g/mol. The van der Waals surface area contributed by atoms with Gasteiger partial charge in [0, 0.05) is 30.2 Å². The van der Waals surface area contributed by atoms with E-state index in [1.807, 2.05) is 0 Å². The molecule has 3 unspecified atom stereocenters. The largest absolute Gasteiger partial charge is 0.480 e. The number of amides is 2. The Labute approximate surface area is 196 Å². The lowest BCUT2D eigenvalue weighted by Crippen LogP contribution is -2.40. The van der Waals surface area contributed by atoms with Gasteiger partial charge in [0.2, 0.25) is 17.7 Å². The number of aromatic amines is 1. The Morgan fingerprint density at radius 2 is 2.15 bits per heavy atom. The Hall–Kier alpha value is -3.12. The zero-order valence-electron chi connectivity index (χ0n) is 18.3. The first kappa shape index (κ1) is 23.1. The summed E-state index contributed by atoms with van der Waals surface area (Å²) in [5, 5.41) is 15.9. The van der Waals surface area contributed by atoms with E-state index in [1.54, 1.807) is 12.3 Å². The number of ether oxygens (including phenoxy) is 1. The molecule has 1 aliphatic heterocycles. The molecule has 9 nitrogen and oxygen atoms in total. The van der Waals surface area contributed by atoms with Gasteiger partial charge >= 0.3 is 0 Å². The number of carbonyl (C=O) groups is 3. The fourth-order valence-corrected chi connectivity index (χ4v) is 4.58. The molecule has 2 aromatic heterocycles. The first-order valence-corrected chi connectivity index (χ1v) is 11.5. The fraction of sp³-hybridized carbons (Fsp3) is 0.522. The number of fused-ring (bicyclic) bond motifs is 1. The summed E-state index contributed by atoms with van der Waals surface area (Å²) in [5.74, 6) is -0.763. The maximum absolute atomic E-state index is 13.0. The number of carbonyl (C=O) groups excluding carboxylic acids is 3. The minimum atomic E-state index is -0.770. The molecule has 0 spiro atoms. The number of Topliss-reactive ketones (excluding diaryl/α,β-unsaturated/α-hetero) is 1. The molecule has 1 saturated carbocycles. The maximum Gasteiger partial charge on any atom is 0.233 e. The van der Waals surface area contributed by atoms with Gasteiger partial charge in [-0.25, -0.2) is 4.98 Å². The van der Waals surface area contributed by atoms with E-state index >= 15 is 0 Å². The van der Waals surface area contributed by atoms with Gasteiger partial charge in [0.05, 0.1) is 30.6 Å². The van der Waals surface area contributed by atoms with E-state index in [4.69, 9.17) is 16.3 Å². The van der Waals surface area contributed by atoms with Crippen molar-refractivity contribution in [2.24, 2.45) is 17.8 Å². The molecule has 3 heterocycles. The summed E-state index contributed by atoms with van der Waals surface area (Å²) in [5.41, 5.74) is 0.946. The minimum Gasteiger partial charge on any atom is -0.480 e. The van der Waals surface area contributed by atoms with Crippen molar-refractivity contribution in [3.63, 3.8) is 0 Å². The van der Waals surface area contributed by atoms with Crippen molar-refractivity contribution in [3.8, 4) is 11.9 Å². The van der Waals surface area contributed by atoms with Gasteiger partial charge < -0.3 is 20.4 Å². The third kappa shape index (κ3) is 5.28. The van der Waals surface area contributed by atoms with Crippen molar-refractivity contribution in [2.45, 2.75) is 44.6 Å². The molecule has 2 aliphatic rings. The molecule has 3 atom stereocenters. The van der Waals surface area contributed by atoms with Gasteiger partial charge in [0.1, 0.15) is 11.1 Å². The zero-order valence-corrected chi connectivity index (χ0v) is 19.1. The number of nitriles is 1. The molecule has 4 rings (SSSR count). The van der Waals surface area contributed by atoms with Crippen LogP contribution in [0.2, 0.25) is 5.02 Å². The van der Waals surface area contributed by atoms with Crippen LogP contribution in [-0.2, 0) is 9.59 Å². The SMILES string of the molecule is COc1ncc2[nH]c(C(=O)CC(CC3CC3)C(=O)NC(C#N)CC3CCNC3=O)cc2c1Cl. The molecule has 1 aliphatic carbocycles. The van der Waals surface area contributed by atoms with E-state index in [2.05, 4.69) is 26.7 Å². The lowest BCUT2D eigenvalue weighted by atomic mass is 9.93. The van der Waals surface area contributed by atoms with Crippen LogP contribution in [0.3, 0.4) is 0 Å². The molecule has 2 fully saturated rings. The smallest absolute Gasteiger partial charge is 0.233 e. The Bertz CT molecular complexity index is 1120. The summed E-state index contributed by atoms with van der Waals surface area (Å²) in [6.45, 7) is 0.588. The van der Waals surface area contributed by atoms with E-state index in [0.29, 0.717) is 46.9 Å². The van der Waals surface area contributed by atoms with E-state index in [-0.39, 0.29) is 42.2 Å². The number of nitrogens with zero attached hydrogens (tertiary/aromatic N) is 2. The van der Waals surface area contributed by atoms with Crippen molar-refractivity contribution < 1.29 is 19.1 Å². The zero-order chi connectivity index (χ0) is 23.5. The van der Waals surface area contributed by atoms with Crippen molar-refractivity contribution in [3.05, 3.63) is 23.0 Å². The van der Waals surface area contributed by atoms with Crippen LogP contribution < -0.4 is 15.4 Å². The topological polar surface area (TPSA) is 137 Å². The second-order valence-electron chi connectivity index (χ2n) is 8.80. The van der Waals surface area contributed by atoms with Gasteiger partial charge in [-0.3, -0.25) is 14.4 Å². The lowest BCUT2D eigenvalue weighted by molar-refractivity contribution is -0.127. The van der Waals surface area contributed by atoms with Crippen LogP contribution in [0.4, 0.5) is 0 Å². The number of aromatic nitrogens is 2. The highest BCUT2D eigenvalue weighted by molar-refractivity contribution is 6.36. The normalized spacial score (nSPS) is 19.5. The highest BCUT2D eigenvalue weighted by Gasteiger charge is 2.34. The van der Waals surface area contributed by atoms with Crippen molar-refractivity contribution in [2.75, 3.05) is 13.7 Å². The number of methoxy groups -OCH3 is 1. The van der Waals surface area contributed by atoms with Crippen LogP contribution in [0, 0.1) is 29.1 Å². The Balaban J connectivity index is 1.45. The summed E-state index contributed by atoms with van der Waals surface area (Å²) in [7, 11) is 1.47. The highest BCUT2D eigenvalue weighted by Crippen LogP contribution is 2.37. The summed E-state index contributed by atoms with van der Waals surface area (Å²) in [6, 6.07) is 2.96. The first-order chi connectivity index (χ1) is 15.9. The number of nitrogens with one attached hydrogen (secondary N) is 3. The van der Waals surface area contributed by atoms with Gasteiger partial charge in [-0.1, -0.05) is 24.4 Å². The predicted octanol–water partition coefficient (Wildman–Crippen LogP) is 2.75. The van der Waals surface area contributed by atoms with E-state index < -0.39 is 12.0 Å². The standard InChI is InChI=1S/C23H26ClN5O4/c1-33-23-20(24)16-9-17(29-18(16)11-27-23)19(30)8-14(6-12-2-3-12)22(32)28-15(10-25)7-13-4-5-26-21(13)31/h9,11-15,29H,2-8H2,1H3,(H,26,31)(H,28,32). The summed E-state index contributed by atoms with van der Waals surface area (Å²) < 4.78 is 5.13. The van der Waals surface area contributed by atoms with Gasteiger partial charge in [-0.15, -0.1) is 0 Å². The van der Waals surface area contributed by atoms with Crippen molar-refractivity contribution in [1.82, 2.24) is 20.6 Å². The van der Waals surface area contributed by atoms with E-state index in [9.17, 15) is 19.6 Å². The van der Waals surface area contributed by atoms with E-state index in [0.717, 1.165) is 12.8 Å². The number of ketones is 1. The molecule has 0 radical (unpaired) electrons. The molecule has 10 heteroatoms. The Morgan fingerprint density at radius 1 is 1.36 bits per heavy atom. The molecule has 2 aromatic rings. The average molecular weight is 472 g/mol. The molecular weight excluding hydrogens is 446 g/mol. The van der Waals surface area contributed by atoms with Gasteiger partial charge in [0.15, 0.2) is 5.78 Å². The second kappa shape index (κ2) is 9.79. The molecule has 33 heavy (non-hydrogen) atoms. The maximum atomic E-state index is 13.0. The Kier molecular flexibility index (Phi) is 6.84. The van der Waals surface area contributed by atoms with Gasteiger partial charge in [-0.2, -0.15) is 5.26 Å². The number of hydrogen-bond acceptors (Lipinski definition) is 6. The second-order valence-corrected chi connectivity index (χ2v) is 9.18. The predicted molar refractivity (Wildman–Crippen MR) is 121 cm³/mol. The van der Waals surface area contributed by atoms with E-state index in [1.165, 1.54) is 7.11 Å². The molecule has 1 saturated heterocycles. The van der Waals surface area contributed by atoms with Crippen LogP contribution in [0.15, 0.2) is 12.3 Å². The first-order valence-electron chi connectivity index (χ1n) is 11.1. The van der Waals surface area contributed by atoms with Crippen LogP contribution >= 0.6 is 11.6 Å². The third-order valence-corrected chi connectivity index (χ3v) is 6.72. The number of H-pyrrole nitrogens is 1. The molecule has 3 N–H and O–H groups in total. The van der Waals surface area contributed by atoms with Crippen molar-refractivity contribution >= 4 is 40.1 Å². The van der Waals surface area contributed by atoms with Gasteiger partial charge in [-0.05, 0) is 31.2 Å². The summed E-state index contributed by atoms with van der Waals surface area (Å²) >= 11 is 6.30. The number of pyridine rings is 1. The average Bonchev–Trinajstić information content (AvgIpc) is 3.36. The minimum absolute atomic E-state index is 0.0133. The quantitative estimate of drug-likeness (QED) is 0.455. The molecule has 2 amide bonds.